The molecule has 1 fully saturated rings. The molecule has 0 radical (unpaired) electrons. The molecule has 0 spiro atoms. The van der Waals surface area contributed by atoms with E-state index in [1.807, 2.05) is 6.07 Å². The van der Waals surface area contributed by atoms with Gasteiger partial charge in [-0.3, -0.25) is 14.9 Å². The van der Waals surface area contributed by atoms with Crippen LogP contribution in [0.4, 0.5) is 11.4 Å². The number of carboxylic acids is 1. The highest BCUT2D eigenvalue weighted by molar-refractivity contribution is 5.72. The number of nitrogens with one attached hydrogen (secondary N) is 1. The van der Waals surface area contributed by atoms with Gasteiger partial charge in [-0.05, 0) is 25.0 Å². The molecule has 0 saturated heterocycles. The average molecular weight is 261 g/mol. The Morgan fingerprint density at radius 3 is 2.74 bits per heavy atom. The lowest BCUT2D eigenvalue weighted by Gasteiger charge is -2.33. The lowest BCUT2D eigenvalue weighted by Crippen LogP contribution is -2.39. The number of nitro benzene ring substituents is 1. The van der Waals surface area contributed by atoms with Gasteiger partial charge in [0.05, 0.1) is 22.5 Å². The molecule has 0 aliphatic heterocycles. The van der Waals surface area contributed by atoms with Gasteiger partial charge in [-0.15, -0.1) is 0 Å². The number of benzene rings is 1. The van der Waals surface area contributed by atoms with Gasteiger partial charge in [0.15, 0.2) is 0 Å². The molecule has 0 amide bonds. The third kappa shape index (κ3) is 2.63. The maximum atomic E-state index is 10.9. The average Bonchev–Trinajstić information content (AvgIpc) is 2.32. The van der Waals surface area contributed by atoms with Crippen molar-refractivity contribution >= 4 is 17.3 Å². The van der Waals surface area contributed by atoms with Gasteiger partial charge >= 0.3 is 5.97 Å². The van der Waals surface area contributed by atoms with Crippen LogP contribution in [0.25, 0.3) is 0 Å². The lowest BCUT2D eigenvalue weighted by atomic mass is 9.80. The summed E-state index contributed by atoms with van der Waals surface area (Å²) in [5, 5.41) is 31.3. The number of anilines is 1. The van der Waals surface area contributed by atoms with Crippen LogP contribution < -0.4 is 5.32 Å². The van der Waals surface area contributed by atoms with E-state index in [1.165, 1.54) is 18.2 Å². The minimum absolute atomic E-state index is 0.0762. The van der Waals surface area contributed by atoms with E-state index in [-0.39, 0.29) is 23.2 Å². The number of hydrogen-bond acceptors (Lipinski definition) is 5. The molecule has 0 bridgehead atoms. The Balaban J connectivity index is 2.11. The quantitative estimate of drug-likeness (QED) is 0.629. The van der Waals surface area contributed by atoms with Crippen LogP contribution in [0.3, 0.4) is 0 Å². The van der Waals surface area contributed by atoms with E-state index in [4.69, 9.17) is 10.4 Å². The molecule has 0 atom stereocenters. The Bertz CT molecular complexity index is 573. The molecule has 2 N–H and O–H groups in total. The monoisotopic (exact) mass is 261 g/mol. The largest absolute Gasteiger partial charge is 0.481 e. The second-order valence-corrected chi connectivity index (χ2v) is 4.45. The molecule has 1 saturated carbocycles. The topological polar surface area (TPSA) is 116 Å². The highest BCUT2D eigenvalue weighted by atomic mass is 16.6. The molecule has 7 nitrogen and oxygen atoms in total. The number of nitrogens with zero attached hydrogens (tertiary/aromatic N) is 2. The highest BCUT2D eigenvalue weighted by Gasteiger charge is 2.35. The Morgan fingerprint density at radius 2 is 2.21 bits per heavy atom. The fourth-order valence-corrected chi connectivity index (χ4v) is 2.03. The summed E-state index contributed by atoms with van der Waals surface area (Å²) in [6.07, 6.45) is 0.902. The van der Waals surface area contributed by atoms with Crippen molar-refractivity contribution in [3.8, 4) is 6.07 Å². The first-order valence-corrected chi connectivity index (χ1v) is 5.69. The number of carboxylic acid groups (broad SMARTS) is 1. The number of rotatable bonds is 4. The number of nitriles is 1. The van der Waals surface area contributed by atoms with E-state index in [9.17, 15) is 14.9 Å². The van der Waals surface area contributed by atoms with Crippen molar-refractivity contribution < 1.29 is 14.8 Å². The van der Waals surface area contributed by atoms with Crippen molar-refractivity contribution in [2.75, 3.05) is 5.32 Å². The third-order valence-corrected chi connectivity index (χ3v) is 3.17. The van der Waals surface area contributed by atoms with Gasteiger partial charge in [-0.2, -0.15) is 5.26 Å². The minimum Gasteiger partial charge on any atom is -0.481 e. The van der Waals surface area contributed by atoms with E-state index < -0.39 is 10.9 Å². The first-order valence-electron chi connectivity index (χ1n) is 5.69. The zero-order chi connectivity index (χ0) is 14.0. The molecule has 2 rings (SSSR count). The fourth-order valence-electron chi connectivity index (χ4n) is 2.03. The zero-order valence-electron chi connectivity index (χ0n) is 9.87. The highest BCUT2D eigenvalue weighted by Crippen LogP contribution is 2.33. The van der Waals surface area contributed by atoms with Crippen LogP contribution in [0.15, 0.2) is 18.2 Å². The summed E-state index contributed by atoms with van der Waals surface area (Å²) in [6.45, 7) is 0. The zero-order valence-corrected chi connectivity index (χ0v) is 9.87. The van der Waals surface area contributed by atoms with Gasteiger partial charge in [0, 0.05) is 12.1 Å². The molecule has 0 heterocycles. The van der Waals surface area contributed by atoms with Crippen molar-refractivity contribution in [3.63, 3.8) is 0 Å². The first-order chi connectivity index (χ1) is 9.01. The van der Waals surface area contributed by atoms with Crippen LogP contribution in [0.5, 0.6) is 0 Å². The summed E-state index contributed by atoms with van der Waals surface area (Å²) in [5.74, 6) is -1.22. The maximum Gasteiger partial charge on any atom is 0.306 e. The maximum absolute atomic E-state index is 10.9. The lowest BCUT2D eigenvalue weighted by molar-refractivity contribution is -0.384. The van der Waals surface area contributed by atoms with Gasteiger partial charge < -0.3 is 10.4 Å². The van der Waals surface area contributed by atoms with Gasteiger partial charge in [-0.25, -0.2) is 0 Å². The Labute approximate surface area is 108 Å². The molecule has 0 unspecified atom stereocenters. The van der Waals surface area contributed by atoms with E-state index in [2.05, 4.69) is 5.32 Å². The number of aliphatic carboxylic acids is 1. The van der Waals surface area contributed by atoms with Crippen LogP contribution in [-0.2, 0) is 4.79 Å². The second-order valence-electron chi connectivity index (χ2n) is 4.45. The van der Waals surface area contributed by atoms with E-state index in [0.29, 0.717) is 18.5 Å². The van der Waals surface area contributed by atoms with Gasteiger partial charge in [-0.1, -0.05) is 0 Å². The number of carbonyl (C=O) groups is 1. The van der Waals surface area contributed by atoms with Crippen LogP contribution in [-0.4, -0.2) is 22.0 Å². The summed E-state index contributed by atoms with van der Waals surface area (Å²) in [7, 11) is 0. The first kappa shape index (κ1) is 12.8. The summed E-state index contributed by atoms with van der Waals surface area (Å²) >= 11 is 0. The normalized spacial score (nSPS) is 21.0. The van der Waals surface area contributed by atoms with Crippen LogP contribution in [0, 0.1) is 27.4 Å². The Hall–Kier alpha value is -2.62. The predicted molar refractivity (Wildman–Crippen MR) is 65.6 cm³/mol. The summed E-state index contributed by atoms with van der Waals surface area (Å²) < 4.78 is 0. The van der Waals surface area contributed by atoms with Gasteiger partial charge in [0.2, 0.25) is 0 Å². The molecular weight excluding hydrogens is 250 g/mol. The molecule has 1 aromatic carbocycles. The van der Waals surface area contributed by atoms with Crippen molar-refractivity contribution in [1.29, 1.82) is 5.26 Å². The molecule has 1 aliphatic carbocycles. The molecule has 19 heavy (non-hydrogen) atoms. The summed E-state index contributed by atoms with van der Waals surface area (Å²) in [4.78, 5) is 21.0. The van der Waals surface area contributed by atoms with Crippen LogP contribution >= 0.6 is 0 Å². The molecular formula is C12H11N3O4. The van der Waals surface area contributed by atoms with E-state index >= 15 is 0 Å². The predicted octanol–water partition coefficient (Wildman–Crippen LogP) is 1.74. The van der Waals surface area contributed by atoms with Gasteiger partial charge in [0.1, 0.15) is 5.69 Å². The Morgan fingerprint density at radius 1 is 1.53 bits per heavy atom. The van der Waals surface area contributed by atoms with Crippen molar-refractivity contribution in [3.05, 3.63) is 33.9 Å². The van der Waals surface area contributed by atoms with Crippen LogP contribution in [0.1, 0.15) is 18.4 Å². The molecule has 98 valence electrons. The van der Waals surface area contributed by atoms with E-state index in [1.54, 1.807) is 0 Å². The summed E-state index contributed by atoms with van der Waals surface area (Å²) in [5.41, 5.74) is 0.366. The van der Waals surface area contributed by atoms with Crippen molar-refractivity contribution in [2.45, 2.75) is 18.9 Å². The molecule has 7 heteroatoms. The van der Waals surface area contributed by atoms with Gasteiger partial charge in [0.25, 0.3) is 5.69 Å². The SMILES string of the molecule is N#Cc1ccc(NC2CC(C(=O)O)C2)c([N+](=O)[O-])c1. The van der Waals surface area contributed by atoms with Crippen molar-refractivity contribution in [1.82, 2.24) is 0 Å². The molecule has 0 aromatic heterocycles. The summed E-state index contributed by atoms with van der Waals surface area (Å²) in [6, 6.07) is 5.94. The smallest absolute Gasteiger partial charge is 0.306 e. The number of nitro groups is 1. The molecule has 1 aliphatic rings. The van der Waals surface area contributed by atoms with Crippen LogP contribution in [0.2, 0.25) is 0 Å². The second kappa shape index (κ2) is 4.94. The van der Waals surface area contributed by atoms with Crippen molar-refractivity contribution in [2.24, 2.45) is 5.92 Å². The fraction of sp³-hybridized carbons (Fsp3) is 0.333. The number of hydrogen-bond donors (Lipinski definition) is 2. The minimum atomic E-state index is -0.840. The third-order valence-electron chi connectivity index (χ3n) is 3.17. The Kier molecular flexibility index (Phi) is 3.33. The van der Waals surface area contributed by atoms with E-state index in [0.717, 1.165) is 0 Å². The standard InChI is InChI=1S/C12H11N3O4/c13-6-7-1-2-10(11(3-7)15(18)19)14-9-4-8(5-9)12(16)17/h1-3,8-9,14H,4-5H2,(H,16,17). The molecule has 1 aromatic rings.